The van der Waals surface area contributed by atoms with Gasteiger partial charge in [-0.2, -0.15) is 0 Å². The maximum absolute atomic E-state index is 12.6. The maximum atomic E-state index is 12.6. The topological polar surface area (TPSA) is 49.4 Å². The molecule has 4 nitrogen and oxygen atoms in total. The van der Waals surface area contributed by atoms with E-state index in [-0.39, 0.29) is 11.8 Å². The third-order valence-electron chi connectivity index (χ3n) is 4.79. The van der Waals surface area contributed by atoms with Crippen molar-refractivity contribution in [1.82, 2.24) is 0 Å². The van der Waals surface area contributed by atoms with Gasteiger partial charge in [0.05, 0.1) is 5.69 Å². The van der Waals surface area contributed by atoms with Crippen LogP contribution in [0.25, 0.3) is 10.8 Å². The SMILES string of the molecule is CCN1C(=O)c2cccc3c(NC(=O)CCSc4ccc(Cl)cc4)ccc1c23. The lowest BCUT2D eigenvalue weighted by molar-refractivity contribution is -0.115. The van der Waals surface area contributed by atoms with Gasteiger partial charge in [-0.3, -0.25) is 9.59 Å². The molecule has 1 heterocycles. The van der Waals surface area contributed by atoms with E-state index < -0.39 is 0 Å². The van der Waals surface area contributed by atoms with E-state index in [1.807, 2.05) is 61.5 Å². The standard InChI is InChI=1S/C22H19ClN2O2S/c1-2-25-19-11-10-18(16-4-3-5-17(21(16)19)22(25)27)24-20(26)12-13-28-15-8-6-14(23)7-9-15/h3-11H,2,12-13H2,1H3,(H,24,26). The van der Waals surface area contributed by atoms with Gasteiger partial charge in [0.1, 0.15) is 0 Å². The van der Waals surface area contributed by atoms with E-state index in [2.05, 4.69) is 5.32 Å². The Morgan fingerprint density at radius 2 is 1.89 bits per heavy atom. The minimum absolute atomic E-state index is 0.0194. The summed E-state index contributed by atoms with van der Waals surface area (Å²) < 4.78 is 0. The average molecular weight is 411 g/mol. The lowest BCUT2D eigenvalue weighted by atomic mass is 10.0. The number of nitrogens with zero attached hydrogens (tertiary/aromatic N) is 1. The van der Waals surface area contributed by atoms with E-state index in [1.165, 1.54) is 0 Å². The predicted octanol–water partition coefficient (Wildman–Crippen LogP) is 5.59. The van der Waals surface area contributed by atoms with E-state index in [4.69, 9.17) is 11.6 Å². The van der Waals surface area contributed by atoms with Crippen LogP contribution in [0.2, 0.25) is 5.02 Å². The molecule has 3 aromatic carbocycles. The van der Waals surface area contributed by atoms with Gasteiger partial charge in [-0.25, -0.2) is 0 Å². The summed E-state index contributed by atoms with van der Waals surface area (Å²) in [6.45, 7) is 2.58. The molecule has 0 bridgehead atoms. The number of carbonyl (C=O) groups excluding carboxylic acids is 2. The lowest BCUT2D eigenvalue weighted by Gasteiger charge is -2.15. The summed E-state index contributed by atoms with van der Waals surface area (Å²) in [6.07, 6.45) is 0.399. The molecule has 6 heteroatoms. The van der Waals surface area contributed by atoms with Gasteiger partial charge in [-0.05, 0) is 49.4 Å². The Kier molecular flexibility index (Phi) is 5.29. The predicted molar refractivity (Wildman–Crippen MR) is 117 cm³/mol. The van der Waals surface area contributed by atoms with Crippen LogP contribution in [0.5, 0.6) is 0 Å². The Bertz CT molecular complexity index is 1070. The molecule has 0 saturated heterocycles. The molecule has 0 aliphatic carbocycles. The molecule has 0 spiro atoms. The van der Waals surface area contributed by atoms with Crippen molar-refractivity contribution in [3.8, 4) is 0 Å². The number of hydrogen-bond acceptors (Lipinski definition) is 3. The first-order valence-electron chi connectivity index (χ1n) is 9.14. The zero-order valence-electron chi connectivity index (χ0n) is 15.4. The number of halogens is 1. The number of rotatable bonds is 6. The molecule has 0 atom stereocenters. The van der Waals surface area contributed by atoms with Crippen LogP contribution in [-0.4, -0.2) is 24.1 Å². The van der Waals surface area contributed by atoms with Crippen molar-refractivity contribution in [3.63, 3.8) is 0 Å². The molecule has 1 N–H and O–H groups in total. The first kappa shape index (κ1) is 18.8. The second-order valence-corrected chi connectivity index (χ2v) is 8.12. The van der Waals surface area contributed by atoms with E-state index >= 15 is 0 Å². The fourth-order valence-corrected chi connectivity index (χ4v) is 4.45. The zero-order valence-corrected chi connectivity index (χ0v) is 16.9. The number of hydrogen-bond donors (Lipinski definition) is 1. The molecule has 3 aromatic rings. The zero-order chi connectivity index (χ0) is 19.7. The van der Waals surface area contributed by atoms with Crippen LogP contribution >= 0.6 is 23.4 Å². The van der Waals surface area contributed by atoms with Crippen LogP contribution in [0.3, 0.4) is 0 Å². The van der Waals surface area contributed by atoms with Gasteiger partial charge >= 0.3 is 0 Å². The molecule has 0 saturated carbocycles. The molecule has 0 fully saturated rings. The number of amides is 2. The van der Waals surface area contributed by atoms with Crippen LogP contribution in [0.4, 0.5) is 11.4 Å². The van der Waals surface area contributed by atoms with E-state index in [0.29, 0.717) is 29.3 Å². The van der Waals surface area contributed by atoms with Crippen molar-refractivity contribution in [3.05, 3.63) is 65.2 Å². The van der Waals surface area contributed by atoms with Crippen molar-refractivity contribution >= 4 is 57.3 Å². The second-order valence-electron chi connectivity index (χ2n) is 6.51. The molecule has 142 valence electrons. The molecule has 0 radical (unpaired) electrons. The number of anilines is 2. The van der Waals surface area contributed by atoms with E-state index in [1.54, 1.807) is 16.7 Å². The van der Waals surface area contributed by atoms with Gasteiger partial charge in [-0.15, -0.1) is 11.8 Å². The third kappa shape index (κ3) is 3.48. The van der Waals surface area contributed by atoms with Crippen molar-refractivity contribution < 1.29 is 9.59 Å². The van der Waals surface area contributed by atoms with Crippen molar-refractivity contribution in [2.45, 2.75) is 18.2 Å². The minimum Gasteiger partial charge on any atom is -0.325 e. The van der Waals surface area contributed by atoms with E-state index in [9.17, 15) is 9.59 Å². The van der Waals surface area contributed by atoms with E-state index in [0.717, 1.165) is 27.0 Å². The summed E-state index contributed by atoms with van der Waals surface area (Å²) in [5.74, 6) is 0.654. The Morgan fingerprint density at radius 3 is 2.64 bits per heavy atom. The van der Waals surface area contributed by atoms with Crippen molar-refractivity contribution in [2.75, 3.05) is 22.5 Å². The van der Waals surface area contributed by atoms with Crippen LogP contribution in [-0.2, 0) is 4.79 Å². The van der Waals surface area contributed by atoms with Gasteiger partial charge in [0.25, 0.3) is 5.91 Å². The van der Waals surface area contributed by atoms with Crippen molar-refractivity contribution in [2.24, 2.45) is 0 Å². The largest absolute Gasteiger partial charge is 0.325 e. The fraction of sp³-hybridized carbons (Fsp3) is 0.182. The van der Waals surface area contributed by atoms with Gasteiger partial charge in [0.2, 0.25) is 5.91 Å². The smallest absolute Gasteiger partial charge is 0.258 e. The van der Waals surface area contributed by atoms with Gasteiger partial charge in [0, 0.05) is 50.7 Å². The normalized spacial score (nSPS) is 12.6. The van der Waals surface area contributed by atoms with Crippen LogP contribution in [0.15, 0.2) is 59.5 Å². The molecule has 0 aromatic heterocycles. The molecule has 2 amide bonds. The number of thioether (sulfide) groups is 1. The molecule has 1 aliphatic rings. The summed E-state index contributed by atoms with van der Waals surface area (Å²) in [6, 6.07) is 17.0. The molecule has 1 aliphatic heterocycles. The van der Waals surface area contributed by atoms with Gasteiger partial charge in [0.15, 0.2) is 0 Å². The Morgan fingerprint density at radius 1 is 1.11 bits per heavy atom. The Hall–Kier alpha value is -2.50. The molecule has 28 heavy (non-hydrogen) atoms. The monoisotopic (exact) mass is 410 g/mol. The highest BCUT2D eigenvalue weighted by Crippen LogP contribution is 2.40. The molecular weight excluding hydrogens is 392 g/mol. The quantitative estimate of drug-likeness (QED) is 0.538. The summed E-state index contributed by atoms with van der Waals surface area (Å²) in [4.78, 5) is 27.9. The number of benzene rings is 3. The van der Waals surface area contributed by atoms with Gasteiger partial charge < -0.3 is 10.2 Å². The first-order chi connectivity index (χ1) is 13.6. The summed E-state index contributed by atoms with van der Waals surface area (Å²) in [5.41, 5.74) is 2.35. The highest BCUT2D eigenvalue weighted by molar-refractivity contribution is 7.99. The number of carbonyl (C=O) groups is 2. The second kappa shape index (κ2) is 7.86. The van der Waals surface area contributed by atoms with Crippen molar-refractivity contribution in [1.29, 1.82) is 0 Å². The maximum Gasteiger partial charge on any atom is 0.258 e. The molecule has 4 rings (SSSR count). The summed E-state index contributed by atoms with van der Waals surface area (Å²) >= 11 is 7.51. The number of nitrogens with one attached hydrogen (secondary N) is 1. The Labute approximate surface area is 172 Å². The molecular formula is C22H19ClN2O2S. The summed E-state index contributed by atoms with van der Waals surface area (Å²) in [7, 11) is 0. The average Bonchev–Trinajstić information content (AvgIpc) is 2.98. The van der Waals surface area contributed by atoms with Gasteiger partial charge in [-0.1, -0.05) is 23.7 Å². The van der Waals surface area contributed by atoms with Crippen LogP contribution in [0.1, 0.15) is 23.7 Å². The fourth-order valence-electron chi connectivity index (χ4n) is 3.47. The Balaban J connectivity index is 1.48. The summed E-state index contributed by atoms with van der Waals surface area (Å²) in [5, 5.41) is 5.53. The minimum atomic E-state index is -0.0427. The van der Waals surface area contributed by atoms with Crippen LogP contribution in [0, 0.1) is 0 Å². The highest BCUT2D eigenvalue weighted by atomic mass is 35.5. The van der Waals surface area contributed by atoms with Crippen LogP contribution < -0.4 is 10.2 Å². The molecule has 0 unspecified atom stereocenters. The lowest BCUT2D eigenvalue weighted by Crippen LogP contribution is -2.25. The highest BCUT2D eigenvalue weighted by Gasteiger charge is 2.29. The first-order valence-corrected chi connectivity index (χ1v) is 10.5. The third-order valence-corrected chi connectivity index (χ3v) is 6.05.